The molecule has 0 bridgehead atoms. The minimum absolute atomic E-state index is 0.0273. The fourth-order valence-electron chi connectivity index (χ4n) is 4.97. The molecule has 2 fully saturated rings. The summed E-state index contributed by atoms with van der Waals surface area (Å²) >= 11 is 0. The smallest absolute Gasteiger partial charge is 0.324 e. The van der Waals surface area contributed by atoms with Crippen molar-refractivity contribution in [2.45, 2.75) is 32.7 Å². The molecule has 1 N–H and O–H groups in total. The van der Waals surface area contributed by atoms with Crippen molar-refractivity contribution >= 4 is 11.9 Å². The average molecular weight is 491 g/mol. The largest absolute Gasteiger partial charge is 0.497 e. The molecule has 3 aromatic rings. The maximum atomic E-state index is 12.8. The summed E-state index contributed by atoms with van der Waals surface area (Å²) in [4.78, 5) is 26.4. The summed E-state index contributed by atoms with van der Waals surface area (Å²) in [5.41, 5.74) is 3.16. The lowest BCUT2D eigenvalue weighted by atomic mass is 9.96. The first kappa shape index (κ1) is 24.2. The van der Waals surface area contributed by atoms with Crippen LogP contribution in [0.3, 0.4) is 0 Å². The summed E-state index contributed by atoms with van der Waals surface area (Å²) in [5.74, 6) is 2.02. The summed E-state index contributed by atoms with van der Waals surface area (Å²) in [6.07, 6.45) is 4.59. The fraction of sp³-hybridized carbons (Fsp3) is 0.481. The van der Waals surface area contributed by atoms with E-state index in [0.29, 0.717) is 17.8 Å². The number of anilines is 1. The summed E-state index contributed by atoms with van der Waals surface area (Å²) in [6.45, 7) is 7.18. The summed E-state index contributed by atoms with van der Waals surface area (Å²) in [6, 6.07) is 12.3. The predicted octanol–water partition coefficient (Wildman–Crippen LogP) is 3.30. The minimum Gasteiger partial charge on any atom is -0.497 e. The van der Waals surface area contributed by atoms with Crippen LogP contribution >= 0.6 is 0 Å². The van der Waals surface area contributed by atoms with Crippen LogP contribution in [0, 0.1) is 18.8 Å². The predicted molar refractivity (Wildman–Crippen MR) is 137 cm³/mol. The maximum Gasteiger partial charge on any atom is 0.324 e. The molecule has 1 aromatic carbocycles. The van der Waals surface area contributed by atoms with E-state index in [4.69, 9.17) is 9.26 Å². The second-order valence-corrected chi connectivity index (χ2v) is 9.85. The Morgan fingerprint density at radius 3 is 2.64 bits per heavy atom. The Labute approximate surface area is 211 Å². The van der Waals surface area contributed by atoms with Crippen molar-refractivity contribution in [1.29, 1.82) is 0 Å². The number of hydrogen-bond acceptors (Lipinski definition) is 8. The number of rotatable bonds is 8. The van der Waals surface area contributed by atoms with Gasteiger partial charge in [-0.15, -0.1) is 0 Å². The van der Waals surface area contributed by atoms with Gasteiger partial charge < -0.3 is 19.5 Å². The Hall–Kier alpha value is -3.46. The molecule has 2 saturated heterocycles. The Morgan fingerprint density at radius 2 is 1.92 bits per heavy atom. The molecule has 36 heavy (non-hydrogen) atoms. The highest BCUT2D eigenvalue weighted by molar-refractivity contribution is 5.79. The van der Waals surface area contributed by atoms with Crippen LogP contribution in [0.4, 0.5) is 6.01 Å². The molecule has 9 nitrogen and oxygen atoms in total. The van der Waals surface area contributed by atoms with Gasteiger partial charge in [-0.3, -0.25) is 14.7 Å². The summed E-state index contributed by atoms with van der Waals surface area (Å²) in [7, 11) is 1.64. The van der Waals surface area contributed by atoms with Gasteiger partial charge in [0.25, 0.3) is 0 Å². The van der Waals surface area contributed by atoms with Gasteiger partial charge >= 0.3 is 6.01 Å². The third kappa shape index (κ3) is 5.84. The standard InChI is InChI=1S/C27H34N6O3/c1-19-3-6-23(28-15-19)18-32-12-9-20(17-32)16-29-26(34)22-10-13-33(14-11-22)27-30-25(31-36-27)21-4-7-24(35-2)8-5-21/h3-8,15,20,22H,9-14,16-18H2,1-2H3,(H,29,34). The Balaban J connectivity index is 1.04. The number of ether oxygens (including phenoxy) is 1. The molecule has 5 rings (SSSR count). The number of piperidine rings is 1. The van der Waals surface area contributed by atoms with E-state index in [-0.39, 0.29) is 11.8 Å². The summed E-state index contributed by atoms with van der Waals surface area (Å²) in [5, 5.41) is 7.34. The number of carbonyl (C=O) groups excluding carboxylic acids is 1. The second kappa shape index (κ2) is 11.1. The highest BCUT2D eigenvalue weighted by atomic mass is 16.5. The number of methoxy groups -OCH3 is 1. The van der Waals surface area contributed by atoms with Crippen LogP contribution in [0.5, 0.6) is 5.75 Å². The van der Waals surface area contributed by atoms with Gasteiger partial charge in [-0.2, -0.15) is 4.98 Å². The fourth-order valence-corrected chi connectivity index (χ4v) is 4.97. The van der Waals surface area contributed by atoms with Crippen LogP contribution in [0.15, 0.2) is 47.1 Å². The van der Waals surface area contributed by atoms with Gasteiger partial charge in [-0.1, -0.05) is 11.2 Å². The summed E-state index contributed by atoms with van der Waals surface area (Å²) < 4.78 is 10.7. The number of aromatic nitrogens is 3. The van der Waals surface area contributed by atoms with Gasteiger partial charge in [-0.05, 0) is 74.5 Å². The van der Waals surface area contributed by atoms with Gasteiger partial charge in [0.05, 0.1) is 12.8 Å². The SMILES string of the molecule is COc1ccc(-c2noc(N3CCC(C(=O)NCC4CCN(Cc5ccc(C)cn5)C4)CC3)n2)cc1. The number of nitrogens with one attached hydrogen (secondary N) is 1. The lowest BCUT2D eigenvalue weighted by Gasteiger charge is -2.30. The van der Waals surface area contributed by atoms with Gasteiger partial charge in [-0.25, -0.2) is 0 Å². The van der Waals surface area contributed by atoms with Crippen molar-refractivity contribution in [3.63, 3.8) is 0 Å². The van der Waals surface area contributed by atoms with Gasteiger partial charge in [0.15, 0.2) is 0 Å². The van der Waals surface area contributed by atoms with Gasteiger partial charge in [0.1, 0.15) is 5.75 Å². The average Bonchev–Trinajstić information content (AvgIpc) is 3.59. The zero-order chi connectivity index (χ0) is 24.9. The van der Waals surface area contributed by atoms with Crippen molar-refractivity contribution < 1.29 is 14.1 Å². The van der Waals surface area contributed by atoms with Crippen molar-refractivity contribution in [2.75, 3.05) is 44.7 Å². The number of hydrogen-bond donors (Lipinski definition) is 1. The Bertz CT molecular complexity index is 1140. The number of aryl methyl sites for hydroxylation is 1. The molecular weight excluding hydrogens is 456 g/mol. The van der Waals surface area contributed by atoms with Crippen LogP contribution in [-0.2, 0) is 11.3 Å². The number of nitrogens with zero attached hydrogens (tertiary/aromatic N) is 5. The van der Waals surface area contributed by atoms with E-state index >= 15 is 0 Å². The highest BCUT2D eigenvalue weighted by Gasteiger charge is 2.29. The van der Waals surface area contributed by atoms with Crippen molar-refractivity contribution in [3.05, 3.63) is 53.9 Å². The number of carbonyl (C=O) groups is 1. The molecule has 1 amide bonds. The van der Waals surface area contributed by atoms with Crippen molar-refractivity contribution in [3.8, 4) is 17.1 Å². The monoisotopic (exact) mass is 490 g/mol. The molecule has 0 spiro atoms. The lowest BCUT2D eigenvalue weighted by molar-refractivity contribution is -0.125. The normalized spacial score (nSPS) is 18.9. The van der Waals surface area contributed by atoms with E-state index in [2.05, 4.69) is 49.3 Å². The molecule has 1 unspecified atom stereocenters. The highest BCUT2D eigenvalue weighted by Crippen LogP contribution is 2.26. The first-order valence-corrected chi connectivity index (χ1v) is 12.7. The van der Waals surface area contributed by atoms with Crippen molar-refractivity contribution in [2.24, 2.45) is 11.8 Å². The second-order valence-electron chi connectivity index (χ2n) is 9.85. The third-order valence-electron chi connectivity index (χ3n) is 7.19. The first-order valence-electron chi connectivity index (χ1n) is 12.7. The Morgan fingerprint density at radius 1 is 1.11 bits per heavy atom. The molecule has 0 aliphatic carbocycles. The number of benzene rings is 1. The maximum absolute atomic E-state index is 12.8. The zero-order valence-electron chi connectivity index (χ0n) is 21.0. The van der Waals surface area contributed by atoms with E-state index in [1.165, 1.54) is 5.56 Å². The van der Waals surface area contributed by atoms with E-state index < -0.39 is 0 Å². The van der Waals surface area contributed by atoms with E-state index in [0.717, 1.165) is 75.5 Å². The Kier molecular flexibility index (Phi) is 7.46. The topological polar surface area (TPSA) is 96.6 Å². The zero-order valence-corrected chi connectivity index (χ0v) is 21.0. The van der Waals surface area contributed by atoms with Crippen LogP contribution in [0.1, 0.15) is 30.5 Å². The quantitative estimate of drug-likeness (QED) is 0.514. The van der Waals surface area contributed by atoms with Crippen LogP contribution in [0.25, 0.3) is 11.4 Å². The molecule has 2 aromatic heterocycles. The molecule has 2 aliphatic rings. The van der Waals surface area contributed by atoms with Crippen molar-refractivity contribution in [1.82, 2.24) is 25.3 Å². The van der Waals surface area contributed by atoms with E-state index in [1.54, 1.807) is 7.11 Å². The minimum atomic E-state index is 0.0273. The lowest BCUT2D eigenvalue weighted by Crippen LogP contribution is -2.42. The molecule has 0 saturated carbocycles. The molecule has 1 atom stereocenters. The molecular formula is C27H34N6O3. The molecule has 2 aliphatic heterocycles. The van der Waals surface area contributed by atoms with Gasteiger partial charge in [0.2, 0.25) is 11.7 Å². The van der Waals surface area contributed by atoms with Gasteiger partial charge in [0, 0.05) is 50.4 Å². The van der Waals surface area contributed by atoms with Crippen LogP contribution in [-0.4, -0.2) is 65.8 Å². The molecule has 190 valence electrons. The first-order chi connectivity index (χ1) is 17.6. The molecule has 4 heterocycles. The van der Waals surface area contributed by atoms with E-state index in [1.807, 2.05) is 30.5 Å². The molecule has 0 radical (unpaired) electrons. The molecule has 9 heteroatoms. The number of amides is 1. The number of pyridine rings is 1. The van der Waals surface area contributed by atoms with Crippen LogP contribution in [0.2, 0.25) is 0 Å². The van der Waals surface area contributed by atoms with E-state index in [9.17, 15) is 4.79 Å². The number of likely N-dealkylation sites (tertiary alicyclic amines) is 1. The van der Waals surface area contributed by atoms with Crippen LogP contribution < -0.4 is 15.0 Å². The third-order valence-corrected chi connectivity index (χ3v) is 7.19.